The van der Waals surface area contributed by atoms with Crippen molar-refractivity contribution in [3.63, 3.8) is 0 Å². The molecule has 1 fully saturated rings. The Morgan fingerprint density at radius 3 is 2.48 bits per heavy atom. The topological polar surface area (TPSA) is 34.5 Å². The van der Waals surface area contributed by atoms with E-state index >= 15 is 0 Å². The van der Waals surface area contributed by atoms with Gasteiger partial charge in [-0.2, -0.15) is 0 Å². The van der Waals surface area contributed by atoms with Crippen LogP contribution in [-0.2, 0) is 11.8 Å². The quantitative estimate of drug-likeness (QED) is 0.677. The standard InChI is InChI=1S/C23H26N2O2/c1-24-16-21(19-7-3-4-8-22(19)24)20(15-23(26)25-13-5-6-14-25)17-9-11-18(27-2)12-10-17/h3-4,7-12,16,20H,5-6,13-15H2,1-2H3. The van der Waals surface area contributed by atoms with Crippen molar-refractivity contribution < 1.29 is 9.53 Å². The number of hydrogen-bond acceptors (Lipinski definition) is 2. The SMILES string of the molecule is COc1ccc(C(CC(=O)N2CCCC2)c2cn(C)c3ccccc23)cc1. The summed E-state index contributed by atoms with van der Waals surface area (Å²) in [7, 11) is 3.74. The van der Waals surface area contributed by atoms with Gasteiger partial charge in [0.15, 0.2) is 0 Å². The summed E-state index contributed by atoms with van der Waals surface area (Å²) in [5.41, 5.74) is 3.56. The van der Waals surface area contributed by atoms with Crippen molar-refractivity contribution in [3.05, 3.63) is 65.9 Å². The van der Waals surface area contributed by atoms with Crippen LogP contribution in [0.3, 0.4) is 0 Å². The molecule has 1 aliphatic heterocycles. The summed E-state index contributed by atoms with van der Waals surface area (Å²) < 4.78 is 7.47. The first kappa shape index (κ1) is 17.7. The van der Waals surface area contributed by atoms with Crippen LogP contribution < -0.4 is 4.74 Å². The summed E-state index contributed by atoms with van der Waals surface area (Å²) in [6, 6.07) is 16.5. The largest absolute Gasteiger partial charge is 0.497 e. The van der Waals surface area contributed by atoms with Crippen molar-refractivity contribution in [1.82, 2.24) is 9.47 Å². The van der Waals surface area contributed by atoms with Gasteiger partial charge in [0.2, 0.25) is 5.91 Å². The molecule has 1 unspecified atom stereocenters. The maximum atomic E-state index is 13.0. The molecular formula is C23H26N2O2. The van der Waals surface area contributed by atoms with Crippen molar-refractivity contribution in [3.8, 4) is 5.75 Å². The van der Waals surface area contributed by atoms with E-state index in [0.29, 0.717) is 6.42 Å². The molecular weight excluding hydrogens is 336 g/mol. The van der Waals surface area contributed by atoms with E-state index in [-0.39, 0.29) is 11.8 Å². The number of amides is 1. The highest BCUT2D eigenvalue weighted by molar-refractivity contribution is 5.86. The van der Waals surface area contributed by atoms with Gasteiger partial charge < -0.3 is 14.2 Å². The zero-order valence-corrected chi connectivity index (χ0v) is 16.0. The molecule has 4 rings (SSSR count). The smallest absolute Gasteiger partial charge is 0.223 e. The van der Waals surface area contributed by atoms with Gasteiger partial charge in [-0.05, 0) is 42.2 Å². The number of carbonyl (C=O) groups excluding carboxylic acids is 1. The molecule has 0 spiro atoms. The summed E-state index contributed by atoms with van der Waals surface area (Å²) >= 11 is 0. The molecule has 1 aliphatic rings. The highest BCUT2D eigenvalue weighted by Crippen LogP contribution is 2.35. The van der Waals surface area contributed by atoms with E-state index in [4.69, 9.17) is 4.74 Å². The lowest BCUT2D eigenvalue weighted by Crippen LogP contribution is -2.29. The summed E-state index contributed by atoms with van der Waals surface area (Å²) in [5, 5.41) is 1.22. The zero-order chi connectivity index (χ0) is 18.8. The molecule has 3 aromatic rings. The molecule has 4 heteroatoms. The molecule has 0 N–H and O–H groups in total. The Labute approximate surface area is 160 Å². The van der Waals surface area contributed by atoms with Crippen LogP contribution in [-0.4, -0.2) is 35.6 Å². The van der Waals surface area contributed by atoms with E-state index < -0.39 is 0 Å². The number of likely N-dealkylation sites (tertiary alicyclic amines) is 1. The molecule has 4 nitrogen and oxygen atoms in total. The number of nitrogens with zero attached hydrogens (tertiary/aromatic N) is 2. The van der Waals surface area contributed by atoms with Crippen LogP contribution in [0, 0.1) is 0 Å². The third-order valence-electron chi connectivity index (χ3n) is 5.66. The van der Waals surface area contributed by atoms with Gasteiger partial charge in [-0.25, -0.2) is 0 Å². The number of ether oxygens (including phenoxy) is 1. The van der Waals surface area contributed by atoms with Crippen LogP contribution in [0.1, 0.15) is 36.3 Å². The lowest BCUT2D eigenvalue weighted by atomic mass is 9.87. The Hall–Kier alpha value is -2.75. The van der Waals surface area contributed by atoms with Gasteiger partial charge in [0.05, 0.1) is 7.11 Å². The average molecular weight is 362 g/mol. The van der Waals surface area contributed by atoms with Crippen molar-refractivity contribution in [2.75, 3.05) is 20.2 Å². The minimum Gasteiger partial charge on any atom is -0.497 e. The highest BCUT2D eigenvalue weighted by atomic mass is 16.5. The molecule has 2 heterocycles. The molecule has 0 aliphatic carbocycles. The first-order valence-corrected chi connectivity index (χ1v) is 9.63. The Bertz CT molecular complexity index is 937. The van der Waals surface area contributed by atoms with Crippen molar-refractivity contribution in [2.24, 2.45) is 7.05 Å². The molecule has 0 saturated carbocycles. The molecule has 1 atom stereocenters. The van der Waals surface area contributed by atoms with Gasteiger partial charge in [-0.3, -0.25) is 4.79 Å². The number of aromatic nitrogens is 1. The Morgan fingerprint density at radius 2 is 1.78 bits per heavy atom. The van der Waals surface area contributed by atoms with E-state index in [9.17, 15) is 4.79 Å². The van der Waals surface area contributed by atoms with Crippen LogP contribution in [0.4, 0.5) is 0 Å². The monoisotopic (exact) mass is 362 g/mol. The highest BCUT2D eigenvalue weighted by Gasteiger charge is 2.26. The van der Waals surface area contributed by atoms with E-state index in [2.05, 4.69) is 54.2 Å². The number of para-hydroxylation sites is 1. The normalized spacial score (nSPS) is 15.3. The van der Waals surface area contributed by atoms with Gasteiger partial charge in [-0.1, -0.05) is 30.3 Å². The van der Waals surface area contributed by atoms with Crippen LogP contribution >= 0.6 is 0 Å². The molecule has 0 radical (unpaired) electrons. The lowest BCUT2D eigenvalue weighted by molar-refractivity contribution is -0.130. The number of methoxy groups -OCH3 is 1. The molecule has 2 aromatic carbocycles. The summed E-state index contributed by atoms with van der Waals surface area (Å²) in [5.74, 6) is 1.12. The van der Waals surface area contributed by atoms with E-state index in [1.54, 1.807) is 7.11 Å². The second-order valence-corrected chi connectivity index (χ2v) is 7.33. The molecule has 1 saturated heterocycles. The molecule has 1 aromatic heterocycles. The molecule has 0 bridgehead atoms. The zero-order valence-electron chi connectivity index (χ0n) is 16.0. The van der Waals surface area contributed by atoms with Gasteiger partial charge in [0, 0.05) is 49.6 Å². The fraction of sp³-hybridized carbons (Fsp3) is 0.348. The van der Waals surface area contributed by atoms with Gasteiger partial charge in [0.25, 0.3) is 0 Å². The second-order valence-electron chi connectivity index (χ2n) is 7.33. The third-order valence-corrected chi connectivity index (χ3v) is 5.66. The maximum Gasteiger partial charge on any atom is 0.223 e. The van der Waals surface area contributed by atoms with Gasteiger partial charge in [0.1, 0.15) is 5.75 Å². The molecule has 27 heavy (non-hydrogen) atoms. The maximum absolute atomic E-state index is 13.0. The third kappa shape index (κ3) is 3.44. The second kappa shape index (κ2) is 7.47. The number of carbonyl (C=O) groups is 1. The van der Waals surface area contributed by atoms with Crippen LogP contribution in [0.2, 0.25) is 0 Å². The van der Waals surface area contributed by atoms with Crippen LogP contribution in [0.15, 0.2) is 54.7 Å². The number of hydrogen-bond donors (Lipinski definition) is 0. The minimum atomic E-state index is 0.0371. The lowest BCUT2D eigenvalue weighted by Gasteiger charge is -2.21. The van der Waals surface area contributed by atoms with Gasteiger partial charge in [-0.15, -0.1) is 0 Å². The fourth-order valence-electron chi connectivity index (χ4n) is 4.16. The van der Waals surface area contributed by atoms with Crippen LogP contribution in [0.5, 0.6) is 5.75 Å². The fourth-order valence-corrected chi connectivity index (χ4v) is 4.16. The van der Waals surface area contributed by atoms with Crippen LogP contribution in [0.25, 0.3) is 10.9 Å². The minimum absolute atomic E-state index is 0.0371. The Kier molecular flexibility index (Phi) is 4.88. The number of rotatable bonds is 5. The predicted molar refractivity (Wildman–Crippen MR) is 108 cm³/mol. The summed E-state index contributed by atoms with van der Waals surface area (Å²) in [6.45, 7) is 1.79. The van der Waals surface area contributed by atoms with E-state index in [0.717, 1.165) is 37.2 Å². The van der Waals surface area contributed by atoms with Crippen molar-refractivity contribution >= 4 is 16.8 Å². The van der Waals surface area contributed by atoms with E-state index in [1.165, 1.54) is 16.5 Å². The first-order chi connectivity index (χ1) is 13.2. The average Bonchev–Trinajstić information content (AvgIpc) is 3.35. The van der Waals surface area contributed by atoms with Gasteiger partial charge >= 0.3 is 0 Å². The predicted octanol–water partition coefficient (Wildman–Crippen LogP) is 4.33. The number of fused-ring (bicyclic) bond motifs is 1. The van der Waals surface area contributed by atoms with Crippen molar-refractivity contribution in [2.45, 2.75) is 25.2 Å². The first-order valence-electron chi connectivity index (χ1n) is 9.63. The summed E-state index contributed by atoms with van der Waals surface area (Å²) in [6.07, 6.45) is 4.91. The summed E-state index contributed by atoms with van der Waals surface area (Å²) in [4.78, 5) is 15.0. The number of benzene rings is 2. The molecule has 140 valence electrons. The van der Waals surface area contributed by atoms with E-state index in [1.807, 2.05) is 17.0 Å². The van der Waals surface area contributed by atoms with Crippen molar-refractivity contribution in [1.29, 1.82) is 0 Å². The molecule has 1 amide bonds. The Balaban J connectivity index is 1.75. The Morgan fingerprint density at radius 1 is 1.07 bits per heavy atom. The number of aryl methyl sites for hydroxylation is 1.